The highest BCUT2D eigenvalue weighted by Gasteiger charge is 2.19. The molecule has 5 heteroatoms. The van der Waals surface area contributed by atoms with Gasteiger partial charge in [-0.15, -0.1) is 0 Å². The van der Waals surface area contributed by atoms with Gasteiger partial charge < -0.3 is 10.6 Å². The third-order valence-corrected chi connectivity index (χ3v) is 2.18. The second kappa shape index (κ2) is 4.33. The van der Waals surface area contributed by atoms with Gasteiger partial charge in [0.25, 0.3) is 5.91 Å². The van der Waals surface area contributed by atoms with E-state index in [1.807, 2.05) is 0 Å². The van der Waals surface area contributed by atoms with E-state index < -0.39 is 0 Å². The normalized spacial score (nSPS) is 10.7. The van der Waals surface area contributed by atoms with Crippen molar-refractivity contribution < 1.29 is 4.79 Å². The number of carbonyl (C=O) groups excluding carboxylic acids is 1. The molecule has 0 saturated carbocycles. The first kappa shape index (κ1) is 11.6. The standard InChI is InChI=1S/C10H18N4O/c1-6(2)5-14(4)10(15)9-8(11)7(3)12-13-9/h6H,5,11H2,1-4H3,(H,12,13). The van der Waals surface area contributed by atoms with Gasteiger partial charge in [0.1, 0.15) is 0 Å². The summed E-state index contributed by atoms with van der Waals surface area (Å²) in [5, 5.41) is 6.61. The molecule has 3 N–H and O–H groups in total. The van der Waals surface area contributed by atoms with Gasteiger partial charge in [0.15, 0.2) is 5.69 Å². The van der Waals surface area contributed by atoms with E-state index in [-0.39, 0.29) is 5.91 Å². The molecule has 0 spiro atoms. The molecule has 1 rings (SSSR count). The summed E-state index contributed by atoms with van der Waals surface area (Å²) >= 11 is 0. The molecular formula is C10H18N4O. The molecule has 1 amide bonds. The third-order valence-electron chi connectivity index (χ3n) is 2.18. The van der Waals surface area contributed by atoms with Gasteiger partial charge in [0.05, 0.1) is 11.4 Å². The Bertz CT molecular complexity index is 356. The van der Waals surface area contributed by atoms with Crippen molar-refractivity contribution in [1.29, 1.82) is 0 Å². The Morgan fingerprint density at radius 1 is 1.60 bits per heavy atom. The van der Waals surface area contributed by atoms with E-state index >= 15 is 0 Å². The molecule has 0 aliphatic carbocycles. The number of amides is 1. The van der Waals surface area contributed by atoms with Crippen LogP contribution in [-0.4, -0.2) is 34.6 Å². The Kier molecular flexibility index (Phi) is 3.34. The first-order valence-electron chi connectivity index (χ1n) is 4.99. The Balaban J connectivity index is 2.81. The minimum Gasteiger partial charge on any atom is -0.395 e. The van der Waals surface area contributed by atoms with Crippen LogP contribution in [0.25, 0.3) is 0 Å². The largest absolute Gasteiger partial charge is 0.395 e. The molecule has 15 heavy (non-hydrogen) atoms. The third kappa shape index (κ3) is 2.49. The van der Waals surface area contributed by atoms with Crippen molar-refractivity contribution in [2.45, 2.75) is 20.8 Å². The van der Waals surface area contributed by atoms with Gasteiger partial charge in [-0.1, -0.05) is 13.8 Å². The maximum absolute atomic E-state index is 11.9. The number of H-pyrrole nitrogens is 1. The number of aromatic nitrogens is 2. The number of aromatic amines is 1. The van der Waals surface area contributed by atoms with Gasteiger partial charge in [0.2, 0.25) is 0 Å². The van der Waals surface area contributed by atoms with E-state index in [1.54, 1.807) is 18.9 Å². The second-order valence-electron chi connectivity index (χ2n) is 4.19. The zero-order chi connectivity index (χ0) is 11.6. The van der Waals surface area contributed by atoms with E-state index in [4.69, 9.17) is 5.73 Å². The van der Waals surface area contributed by atoms with Crippen LogP contribution in [-0.2, 0) is 0 Å². The fraction of sp³-hybridized carbons (Fsp3) is 0.600. The SMILES string of the molecule is Cc1[nH]nc(C(=O)N(C)CC(C)C)c1N. The van der Waals surface area contributed by atoms with Crippen LogP contribution in [0.4, 0.5) is 5.69 Å². The molecule has 0 saturated heterocycles. The Morgan fingerprint density at radius 3 is 2.60 bits per heavy atom. The summed E-state index contributed by atoms with van der Waals surface area (Å²) in [6, 6.07) is 0. The van der Waals surface area contributed by atoms with Crippen molar-refractivity contribution in [2.24, 2.45) is 5.92 Å². The molecule has 0 aliphatic rings. The lowest BCUT2D eigenvalue weighted by molar-refractivity contribution is 0.0774. The van der Waals surface area contributed by atoms with Gasteiger partial charge in [-0.05, 0) is 12.8 Å². The van der Waals surface area contributed by atoms with Crippen LogP contribution < -0.4 is 5.73 Å². The highest BCUT2D eigenvalue weighted by Crippen LogP contribution is 2.14. The van der Waals surface area contributed by atoms with Crippen LogP contribution in [0.3, 0.4) is 0 Å². The number of anilines is 1. The van der Waals surface area contributed by atoms with Crippen molar-refractivity contribution in [3.8, 4) is 0 Å². The average Bonchev–Trinajstić information content (AvgIpc) is 2.45. The maximum atomic E-state index is 11.9. The topological polar surface area (TPSA) is 75.0 Å². The van der Waals surface area contributed by atoms with Crippen molar-refractivity contribution in [3.63, 3.8) is 0 Å². The van der Waals surface area contributed by atoms with Crippen LogP contribution in [0.5, 0.6) is 0 Å². The molecule has 0 fully saturated rings. The molecule has 1 heterocycles. The molecular weight excluding hydrogens is 192 g/mol. The summed E-state index contributed by atoms with van der Waals surface area (Å²) < 4.78 is 0. The number of nitrogens with one attached hydrogen (secondary N) is 1. The number of nitrogens with zero attached hydrogens (tertiary/aromatic N) is 2. The van der Waals surface area contributed by atoms with Gasteiger partial charge >= 0.3 is 0 Å². The fourth-order valence-electron chi connectivity index (χ4n) is 1.41. The molecule has 5 nitrogen and oxygen atoms in total. The van der Waals surface area contributed by atoms with E-state index in [1.165, 1.54) is 0 Å². The number of hydrogen-bond donors (Lipinski definition) is 2. The van der Waals surface area contributed by atoms with Crippen LogP contribution in [0.1, 0.15) is 30.0 Å². The summed E-state index contributed by atoms with van der Waals surface area (Å²) in [5.41, 5.74) is 7.22. The summed E-state index contributed by atoms with van der Waals surface area (Å²) in [6.45, 7) is 6.61. The van der Waals surface area contributed by atoms with Crippen LogP contribution >= 0.6 is 0 Å². The predicted molar refractivity (Wildman–Crippen MR) is 59.5 cm³/mol. The van der Waals surface area contributed by atoms with Crippen molar-refractivity contribution in [3.05, 3.63) is 11.4 Å². The van der Waals surface area contributed by atoms with Crippen molar-refractivity contribution in [1.82, 2.24) is 15.1 Å². The Morgan fingerprint density at radius 2 is 2.20 bits per heavy atom. The number of nitrogens with two attached hydrogens (primary N) is 1. The lowest BCUT2D eigenvalue weighted by atomic mass is 10.2. The van der Waals surface area contributed by atoms with Crippen molar-refractivity contribution >= 4 is 11.6 Å². The molecule has 1 aromatic rings. The van der Waals surface area contributed by atoms with E-state index in [0.717, 1.165) is 5.69 Å². The minimum atomic E-state index is -0.134. The highest BCUT2D eigenvalue weighted by molar-refractivity contribution is 5.97. The summed E-state index contributed by atoms with van der Waals surface area (Å²) in [5.74, 6) is 0.297. The molecule has 0 aromatic carbocycles. The molecule has 0 atom stereocenters. The second-order valence-corrected chi connectivity index (χ2v) is 4.19. The quantitative estimate of drug-likeness (QED) is 0.782. The molecule has 84 valence electrons. The first-order valence-corrected chi connectivity index (χ1v) is 4.99. The Hall–Kier alpha value is -1.52. The zero-order valence-electron chi connectivity index (χ0n) is 9.66. The lowest BCUT2D eigenvalue weighted by Crippen LogP contribution is -2.31. The maximum Gasteiger partial charge on any atom is 0.276 e. The highest BCUT2D eigenvalue weighted by atomic mass is 16.2. The van der Waals surface area contributed by atoms with E-state index in [2.05, 4.69) is 24.0 Å². The lowest BCUT2D eigenvalue weighted by Gasteiger charge is -2.18. The molecule has 0 bridgehead atoms. The number of hydrogen-bond acceptors (Lipinski definition) is 3. The molecule has 0 radical (unpaired) electrons. The van der Waals surface area contributed by atoms with Crippen LogP contribution in [0.2, 0.25) is 0 Å². The molecule has 0 unspecified atom stereocenters. The molecule has 0 aliphatic heterocycles. The van der Waals surface area contributed by atoms with Gasteiger partial charge in [0, 0.05) is 13.6 Å². The van der Waals surface area contributed by atoms with E-state index in [9.17, 15) is 4.79 Å². The van der Waals surface area contributed by atoms with Crippen LogP contribution in [0.15, 0.2) is 0 Å². The summed E-state index contributed by atoms with van der Waals surface area (Å²) in [6.07, 6.45) is 0. The number of carbonyl (C=O) groups is 1. The monoisotopic (exact) mass is 210 g/mol. The first-order chi connectivity index (χ1) is 6.93. The average molecular weight is 210 g/mol. The smallest absolute Gasteiger partial charge is 0.276 e. The van der Waals surface area contributed by atoms with E-state index in [0.29, 0.717) is 23.8 Å². The van der Waals surface area contributed by atoms with Crippen LogP contribution in [0, 0.1) is 12.8 Å². The Labute approximate surface area is 89.6 Å². The number of nitrogen functional groups attached to an aromatic ring is 1. The predicted octanol–water partition coefficient (Wildman–Crippen LogP) is 1.03. The number of aryl methyl sites for hydroxylation is 1. The fourth-order valence-corrected chi connectivity index (χ4v) is 1.41. The van der Waals surface area contributed by atoms with Gasteiger partial charge in [-0.25, -0.2) is 0 Å². The van der Waals surface area contributed by atoms with Gasteiger partial charge in [-0.2, -0.15) is 5.10 Å². The zero-order valence-corrected chi connectivity index (χ0v) is 9.66. The van der Waals surface area contributed by atoms with Crippen molar-refractivity contribution in [2.75, 3.05) is 19.3 Å². The van der Waals surface area contributed by atoms with Gasteiger partial charge in [-0.3, -0.25) is 9.89 Å². The number of rotatable bonds is 3. The minimum absolute atomic E-state index is 0.134. The molecule has 1 aromatic heterocycles. The summed E-state index contributed by atoms with van der Waals surface area (Å²) in [7, 11) is 1.76. The summed E-state index contributed by atoms with van der Waals surface area (Å²) in [4.78, 5) is 13.5.